The normalized spacial score (nSPS) is 17.9. The van der Waals surface area contributed by atoms with Crippen LogP contribution in [0.1, 0.15) is 22.5 Å². The first-order chi connectivity index (χ1) is 10.2. The number of rotatable bonds is 4. The molecule has 1 N–H and O–H groups in total. The van der Waals surface area contributed by atoms with Crippen molar-refractivity contribution >= 4 is 11.8 Å². The van der Waals surface area contributed by atoms with Crippen LogP contribution in [0.2, 0.25) is 0 Å². The third-order valence-electron chi connectivity index (χ3n) is 3.83. The fraction of sp³-hybridized carbons (Fsp3) is 0.312. The number of carboxylic acid groups (broad SMARTS) is 1. The molecule has 0 radical (unpaired) electrons. The Hall–Kier alpha value is -2.43. The van der Waals surface area contributed by atoms with Gasteiger partial charge in [-0.25, -0.2) is 14.8 Å². The zero-order valence-corrected chi connectivity index (χ0v) is 11.6. The van der Waals surface area contributed by atoms with Gasteiger partial charge < -0.3 is 10.0 Å². The number of hydrogen-bond acceptors (Lipinski definition) is 4. The molecule has 1 unspecified atom stereocenters. The van der Waals surface area contributed by atoms with Crippen LogP contribution in [0.4, 0.5) is 5.82 Å². The number of carbonyl (C=O) groups is 1. The van der Waals surface area contributed by atoms with Crippen molar-refractivity contribution < 1.29 is 9.90 Å². The molecule has 108 valence electrons. The first-order valence-corrected chi connectivity index (χ1v) is 7.06. The highest BCUT2D eigenvalue weighted by Gasteiger charge is 2.24. The molecule has 21 heavy (non-hydrogen) atoms. The Morgan fingerprint density at radius 3 is 2.71 bits per heavy atom. The van der Waals surface area contributed by atoms with E-state index < -0.39 is 5.97 Å². The smallest absolute Gasteiger partial charge is 0.356 e. The third-order valence-corrected chi connectivity index (χ3v) is 3.83. The minimum atomic E-state index is -1.04. The molecular formula is C16H17N3O2. The molecule has 1 fully saturated rings. The number of anilines is 1. The summed E-state index contributed by atoms with van der Waals surface area (Å²) in [5.41, 5.74) is 1.34. The maximum atomic E-state index is 10.8. The van der Waals surface area contributed by atoms with E-state index in [4.69, 9.17) is 5.11 Å². The van der Waals surface area contributed by atoms with Crippen LogP contribution >= 0.6 is 0 Å². The molecule has 5 nitrogen and oxygen atoms in total. The molecule has 0 saturated carbocycles. The second-order valence-electron chi connectivity index (χ2n) is 5.36. The topological polar surface area (TPSA) is 66.3 Å². The summed E-state index contributed by atoms with van der Waals surface area (Å²) < 4.78 is 0. The second kappa shape index (κ2) is 5.91. The van der Waals surface area contributed by atoms with E-state index in [0.29, 0.717) is 5.92 Å². The highest BCUT2D eigenvalue weighted by Crippen LogP contribution is 2.24. The molecule has 1 aliphatic rings. The predicted molar refractivity (Wildman–Crippen MR) is 79.5 cm³/mol. The molecule has 1 aromatic carbocycles. The van der Waals surface area contributed by atoms with Crippen molar-refractivity contribution in [2.24, 2.45) is 5.92 Å². The zero-order chi connectivity index (χ0) is 14.7. The lowest BCUT2D eigenvalue weighted by molar-refractivity contribution is 0.0690. The first-order valence-electron chi connectivity index (χ1n) is 7.06. The molecule has 3 rings (SSSR count). The van der Waals surface area contributed by atoms with Crippen molar-refractivity contribution in [1.82, 2.24) is 9.97 Å². The fourth-order valence-corrected chi connectivity index (χ4v) is 2.75. The van der Waals surface area contributed by atoms with E-state index in [-0.39, 0.29) is 5.69 Å². The standard InChI is InChI=1S/C16H17N3O2/c20-16(21)14-9-18-15(10-17-14)19-7-6-13(11-19)8-12-4-2-1-3-5-12/h1-5,9-10,13H,6-8,11H2,(H,20,21). The highest BCUT2D eigenvalue weighted by molar-refractivity contribution is 5.84. The minimum absolute atomic E-state index is 0.0150. The van der Waals surface area contributed by atoms with Gasteiger partial charge in [-0.2, -0.15) is 0 Å². The van der Waals surface area contributed by atoms with Gasteiger partial charge in [0.2, 0.25) is 0 Å². The fourth-order valence-electron chi connectivity index (χ4n) is 2.75. The third kappa shape index (κ3) is 3.18. The number of hydrogen-bond donors (Lipinski definition) is 1. The number of aromatic carboxylic acids is 1. The van der Waals surface area contributed by atoms with E-state index in [1.807, 2.05) is 6.07 Å². The van der Waals surface area contributed by atoms with Crippen molar-refractivity contribution in [1.29, 1.82) is 0 Å². The van der Waals surface area contributed by atoms with Crippen LogP contribution in [0.3, 0.4) is 0 Å². The van der Waals surface area contributed by atoms with Gasteiger partial charge >= 0.3 is 5.97 Å². The van der Waals surface area contributed by atoms with Crippen LogP contribution in [0.25, 0.3) is 0 Å². The van der Waals surface area contributed by atoms with E-state index in [9.17, 15) is 4.79 Å². The van der Waals surface area contributed by atoms with E-state index in [1.165, 1.54) is 11.8 Å². The van der Waals surface area contributed by atoms with Gasteiger partial charge in [-0.3, -0.25) is 0 Å². The van der Waals surface area contributed by atoms with Crippen molar-refractivity contribution in [3.8, 4) is 0 Å². The van der Waals surface area contributed by atoms with Crippen LogP contribution in [-0.2, 0) is 6.42 Å². The lowest BCUT2D eigenvalue weighted by Gasteiger charge is -2.17. The average Bonchev–Trinajstić information content (AvgIpc) is 2.97. The summed E-state index contributed by atoms with van der Waals surface area (Å²) >= 11 is 0. The molecule has 5 heteroatoms. The van der Waals surface area contributed by atoms with E-state index in [0.717, 1.165) is 31.7 Å². The largest absolute Gasteiger partial charge is 0.476 e. The molecule has 1 saturated heterocycles. The molecule has 0 bridgehead atoms. The van der Waals surface area contributed by atoms with Crippen molar-refractivity contribution in [2.45, 2.75) is 12.8 Å². The van der Waals surface area contributed by atoms with Gasteiger partial charge in [-0.05, 0) is 24.3 Å². The first kappa shape index (κ1) is 13.5. The molecule has 1 aliphatic heterocycles. The van der Waals surface area contributed by atoms with Crippen LogP contribution in [0.5, 0.6) is 0 Å². The number of nitrogens with zero attached hydrogens (tertiary/aromatic N) is 3. The summed E-state index contributed by atoms with van der Waals surface area (Å²) in [6.45, 7) is 1.88. The lowest BCUT2D eigenvalue weighted by atomic mass is 9.99. The number of aromatic nitrogens is 2. The monoisotopic (exact) mass is 283 g/mol. The highest BCUT2D eigenvalue weighted by atomic mass is 16.4. The molecule has 0 amide bonds. The Morgan fingerprint density at radius 1 is 1.24 bits per heavy atom. The summed E-state index contributed by atoms with van der Waals surface area (Å²) in [4.78, 5) is 21.1. The Labute approximate surface area is 123 Å². The Morgan fingerprint density at radius 2 is 2.05 bits per heavy atom. The van der Waals surface area contributed by atoms with Gasteiger partial charge in [0, 0.05) is 13.1 Å². The van der Waals surface area contributed by atoms with Gasteiger partial charge in [0.15, 0.2) is 5.69 Å². The molecule has 0 aliphatic carbocycles. The average molecular weight is 283 g/mol. The molecule has 0 spiro atoms. The quantitative estimate of drug-likeness (QED) is 0.932. The van der Waals surface area contributed by atoms with Crippen molar-refractivity contribution in [2.75, 3.05) is 18.0 Å². The van der Waals surface area contributed by atoms with Crippen LogP contribution in [0, 0.1) is 5.92 Å². The molecule has 2 aromatic rings. The number of benzene rings is 1. The zero-order valence-electron chi connectivity index (χ0n) is 11.6. The van der Waals surface area contributed by atoms with Crippen LogP contribution in [-0.4, -0.2) is 34.1 Å². The van der Waals surface area contributed by atoms with Gasteiger partial charge in [0.25, 0.3) is 0 Å². The van der Waals surface area contributed by atoms with Gasteiger partial charge in [0.1, 0.15) is 5.82 Å². The van der Waals surface area contributed by atoms with E-state index >= 15 is 0 Å². The summed E-state index contributed by atoms with van der Waals surface area (Å²) in [6.07, 6.45) is 5.06. The summed E-state index contributed by atoms with van der Waals surface area (Å²) in [5, 5.41) is 8.83. The molecular weight excluding hydrogens is 266 g/mol. The predicted octanol–water partition coefficient (Wildman–Crippen LogP) is 2.24. The van der Waals surface area contributed by atoms with Crippen molar-refractivity contribution in [3.05, 3.63) is 54.0 Å². The lowest BCUT2D eigenvalue weighted by Crippen LogP contribution is -2.21. The molecule has 1 aromatic heterocycles. The summed E-state index contributed by atoms with van der Waals surface area (Å²) in [7, 11) is 0. The van der Waals surface area contributed by atoms with Gasteiger partial charge in [-0.1, -0.05) is 30.3 Å². The van der Waals surface area contributed by atoms with Crippen molar-refractivity contribution in [3.63, 3.8) is 0 Å². The molecule has 2 heterocycles. The second-order valence-corrected chi connectivity index (χ2v) is 5.36. The maximum absolute atomic E-state index is 10.8. The summed E-state index contributed by atoms with van der Waals surface area (Å²) in [5.74, 6) is 0.321. The van der Waals surface area contributed by atoms with E-state index in [2.05, 4.69) is 39.1 Å². The minimum Gasteiger partial charge on any atom is -0.476 e. The Kier molecular flexibility index (Phi) is 3.81. The SMILES string of the molecule is O=C(O)c1cnc(N2CCC(Cc3ccccc3)C2)cn1. The van der Waals surface area contributed by atoms with Gasteiger partial charge in [-0.15, -0.1) is 0 Å². The van der Waals surface area contributed by atoms with Gasteiger partial charge in [0.05, 0.1) is 12.4 Å². The molecule has 1 atom stereocenters. The van der Waals surface area contributed by atoms with E-state index in [1.54, 1.807) is 6.20 Å². The summed E-state index contributed by atoms with van der Waals surface area (Å²) in [6, 6.07) is 10.5. The maximum Gasteiger partial charge on any atom is 0.356 e. The number of carboxylic acids is 1. The van der Waals surface area contributed by atoms with Crippen LogP contribution < -0.4 is 4.90 Å². The van der Waals surface area contributed by atoms with Crippen LogP contribution in [0.15, 0.2) is 42.7 Å². The Bertz CT molecular complexity index is 613. The Balaban J connectivity index is 1.62.